The predicted octanol–water partition coefficient (Wildman–Crippen LogP) is 2.64. The van der Waals surface area contributed by atoms with E-state index in [1.807, 2.05) is 23.3 Å². The molecule has 0 saturated heterocycles. The third-order valence-electron chi connectivity index (χ3n) is 3.92. The molecule has 4 nitrogen and oxygen atoms in total. The van der Waals surface area contributed by atoms with Gasteiger partial charge in [0.1, 0.15) is 0 Å². The molecule has 0 aliphatic heterocycles. The maximum Gasteiger partial charge on any atom is 0.307 e. The van der Waals surface area contributed by atoms with Crippen LogP contribution in [0.25, 0.3) is 0 Å². The zero-order chi connectivity index (χ0) is 14.5. The quantitative estimate of drug-likeness (QED) is 0.841. The van der Waals surface area contributed by atoms with Gasteiger partial charge in [0.15, 0.2) is 0 Å². The largest absolute Gasteiger partial charge is 0.481 e. The van der Waals surface area contributed by atoms with Crippen LogP contribution < -0.4 is 0 Å². The van der Waals surface area contributed by atoms with Gasteiger partial charge in [0.25, 0.3) is 0 Å². The molecule has 1 aliphatic rings. The third-order valence-corrected chi connectivity index (χ3v) is 4.86. The summed E-state index contributed by atoms with van der Waals surface area (Å²) in [7, 11) is 0. The van der Waals surface area contributed by atoms with Crippen LogP contribution in [0.3, 0.4) is 0 Å². The molecule has 2 rings (SSSR count). The van der Waals surface area contributed by atoms with E-state index in [0.717, 1.165) is 19.3 Å². The summed E-state index contributed by atoms with van der Waals surface area (Å²) >= 11 is 1.70. The van der Waals surface area contributed by atoms with Crippen LogP contribution in [0.4, 0.5) is 0 Å². The number of thiophene rings is 1. The van der Waals surface area contributed by atoms with Gasteiger partial charge in [-0.1, -0.05) is 13.0 Å². The van der Waals surface area contributed by atoms with E-state index >= 15 is 0 Å². The van der Waals surface area contributed by atoms with Gasteiger partial charge in [0, 0.05) is 18.0 Å². The van der Waals surface area contributed by atoms with Gasteiger partial charge in [-0.3, -0.25) is 9.59 Å². The fourth-order valence-electron chi connectivity index (χ4n) is 2.63. The monoisotopic (exact) mass is 295 g/mol. The molecule has 0 radical (unpaired) electrons. The van der Waals surface area contributed by atoms with Crippen LogP contribution in [-0.2, 0) is 16.0 Å². The molecule has 1 amide bonds. The Kier molecular flexibility index (Phi) is 5.17. The summed E-state index contributed by atoms with van der Waals surface area (Å²) in [5.41, 5.74) is 0. The van der Waals surface area contributed by atoms with E-state index in [1.54, 1.807) is 11.3 Å². The minimum absolute atomic E-state index is 0.0297. The van der Waals surface area contributed by atoms with E-state index in [0.29, 0.717) is 19.5 Å². The van der Waals surface area contributed by atoms with Crippen LogP contribution in [0.2, 0.25) is 0 Å². The number of carboxylic acids is 1. The minimum Gasteiger partial charge on any atom is -0.481 e. The fourth-order valence-corrected chi connectivity index (χ4v) is 3.33. The Morgan fingerprint density at radius 3 is 2.60 bits per heavy atom. The van der Waals surface area contributed by atoms with Crippen LogP contribution in [0.15, 0.2) is 17.5 Å². The van der Waals surface area contributed by atoms with Gasteiger partial charge < -0.3 is 10.0 Å². The number of carbonyl (C=O) groups is 2. The molecule has 1 aliphatic carbocycles. The number of hydrogen-bond acceptors (Lipinski definition) is 3. The Morgan fingerprint density at radius 2 is 2.10 bits per heavy atom. The van der Waals surface area contributed by atoms with Crippen molar-refractivity contribution >= 4 is 23.2 Å². The molecule has 110 valence electrons. The second-order valence-corrected chi connectivity index (χ2v) is 6.32. The first-order valence-electron chi connectivity index (χ1n) is 7.17. The standard InChI is InChI=1S/C15H21NO3S/c1-2-8-16(9-7-11-4-3-10-20-11)14(17)12-5-6-13(12)15(18)19/h3-4,10,12-13H,2,5-9H2,1H3,(H,18,19). The van der Waals surface area contributed by atoms with Crippen LogP contribution >= 0.6 is 11.3 Å². The Bertz CT molecular complexity index is 458. The predicted molar refractivity (Wildman–Crippen MR) is 78.7 cm³/mol. The lowest BCUT2D eigenvalue weighted by Gasteiger charge is -2.36. The summed E-state index contributed by atoms with van der Waals surface area (Å²) in [5.74, 6) is -1.57. The fraction of sp³-hybridized carbons (Fsp3) is 0.600. The number of aliphatic carboxylic acids is 1. The van der Waals surface area contributed by atoms with Crippen molar-refractivity contribution in [1.82, 2.24) is 4.90 Å². The normalized spacial score (nSPS) is 21.2. The lowest BCUT2D eigenvalue weighted by molar-refractivity contribution is -0.156. The highest BCUT2D eigenvalue weighted by Gasteiger charge is 2.42. The first-order chi connectivity index (χ1) is 9.63. The molecule has 1 aromatic rings. The van der Waals surface area contributed by atoms with Crippen LogP contribution in [0.1, 0.15) is 31.1 Å². The maximum absolute atomic E-state index is 12.5. The van der Waals surface area contributed by atoms with E-state index < -0.39 is 11.9 Å². The summed E-state index contributed by atoms with van der Waals surface area (Å²) in [6.07, 6.45) is 3.11. The Morgan fingerprint density at radius 1 is 1.35 bits per heavy atom. The number of nitrogens with zero attached hydrogens (tertiary/aromatic N) is 1. The number of carbonyl (C=O) groups excluding carboxylic acids is 1. The zero-order valence-electron chi connectivity index (χ0n) is 11.7. The summed E-state index contributed by atoms with van der Waals surface area (Å²) in [4.78, 5) is 26.6. The third kappa shape index (κ3) is 3.39. The number of rotatable bonds is 7. The van der Waals surface area contributed by atoms with Crippen LogP contribution in [0, 0.1) is 11.8 Å². The molecule has 20 heavy (non-hydrogen) atoms. The molecule has 5 heteroatoms. The average molecular weight is 295 g/mol. The molecule has 0 aromatic carbocycles. The highest BCUT2D eigenvalue weighted by atomic mass is 32.1. The first kappa shape index (κ1) is 15.0. The molecule has 2 unspecified atom stereocenters. The van der Waals surface area contributed by atoms with E-state index in [9.17, 15) is 9.59 Å². The van der Waals surface area contributed by atoms with Crippen molar-refractivity contribution < 1.29 is 14.7 Å². The van der Waals surface area contributed by atoms with E-state index in [2.05, 4.69) is 6.07 Å². The molecule has 0 spiro atoms. The van der Waals surface area contributed by atoms with Crippen molar-refractivity contribution in [2.45, 2.75) is 32.6 Å². The van der Waals surface area contributed by atoms with Crippen molar-refractivity contribution in [2.75, 3.05) is 13.1 Å². The van der Waals surface area contributed by atoms with Crippen molar-refractivity contribution in [1.29, 1.82) is 0 Å². The lowest BCUT2D eigenvalue weighted by Crippen LogP contribution is -2.46. The molecule has 2 atom stereocenters. The molecular formula is C15H21NO3S. The smallest absolute Gasteiger partial charge is 0.307 e. The molecule has 1 saturated carbocycles. The Hall–Kier alpha value is -1.36. The van der Waals surface area contributed by atoms with E-state index in [1.165, 1.54) is 4.88 Å². The summed E-state index contributed by atoms with van der Waals surface area (Å²) < 4.78 is 0. The molecule has 1 aromatic heterocycles. The van der Waals surface area contributed by atoms with Gasteiger partial charge in [0.05, 0.1) is 11.8 Å². The van der Waals surface area contributed by atoms with Crippen LogP contribution in [-0.4, -0.2) is 35.0 Å². The molecular weight excluding hydrogens is 274 g/mol. The Balaban J connectivity index is 1.93. The highest BCUT2D eigenvalue weighted by Crippen LogP contribution is 2.36. The van der Waals surface area contributed by atoms with Crippen LogP contribution in [0.5, 0.6) is 0 Å². The molecule has 1 fully saturated rings. The van der Waals surface area contributed by atoms with E-state index in [-0.39, 0.29) is 11.8 Å². The van der Waals surface area contributed by atoms with Gasteiger partial charge in [-0.25, -0.2) is 0 Å². The van der Waals surface area contributed by atoms with E-state index in [4.69, 9.17) is 5.11 Å². The second-order valence-electron chi connectivity index (χ2n) is 5.28. The Labute approximate surface area is 123 Å². The highest BCUT2D eigenvalue weighted by molar-refractivity contribution is 7.09. The van der Waals surface area contributed by atoms with Crippen molar-refractivity contribution in [2.24, 2.45) is 11.8 Å². The molecule has 1 N–H and O–H groups in total. The maximum atomic E-state index is 12.5. The molecule has 0 bridgehead atoms. The van der Waals surface area contributed by atoms with Crippen molar-refractivity contribution in [3.8, 4) is 0 Å². The summed E-state index contributed by atoms with van der Waals surface area (Å²) in [6, 6.07) is 4.08. The van der Waals surface area contributed by atoms with Gasteiger partial charge in [-0.15, -0.1) is 11.3 Å². The SMILES string of the molecule is CCCN(CCc1cccs1)C(=O)C1CCC1C(=O)O. The lowest BCUT2D eigenvalue weighted by atomic mass is 9.73. The number of carboxylic acid groups (broad SMARTS) is 1. The summed E-state index contributed by atoms with van der Waals surface area (Å²) in [6.45, 7) is 3.45. The number of amides is 1. The van der Waals surface area contributed by atoms with Gasteiger partial charge in [0.2, 0.25) is 5.91 Å². The topological polar surface area (TPSA) is 57.6 Å². The first-order valence-corrected chi connectivity index (χ1v) is 8.05. The van der Waals surface area contributed by atoms with Gasteiger partial charge in [-0.05, 0) is 37.1 Å². The second kappa shape index (κ2) is 6.88. The molecule has 1 heterocycles. The van der Waals surface area contributed by atoms with Gasteiger partial charge >= 0.3 is 5.97 Å². The van der Waals surface area contributed by atoms with Gasteiger partial charge in [-0.2, -0.15) is 0 Å². The average Bonchev–Trinajstić information content (AvgIpc) is 2.85. The summed E-state index contributed by atoms with van der Waals surface area (Å²) in [5, 5.41) is 11.1. The minimum atomic E-state index is -0.829. The number of hydrogen-bond donors (Lipinski definition) is 1. The van der Waals surface area contributed by atoms with Crippen molar-refractivity contribution in [3.05, 3.63) is 22.4 Å². The van der Waals surface area contributed by atoms with Crippen molar-refractivity contribution in [3.63, 3.8) is 0 Å². The zero-order valence-corrected chi connectivity index (χ0v) is 12.6.